The van der Waals surface area contributed by atoms with Crippen molar-refractivity contribution in [3.63, 3.8) is 0 Å². The molecule has 1 aliphatic rings. The molecule has 4 nitrogen and oxygen atoms in total. The van der Waals surface area contributed by atoms with Gasteiger partial charge < -0.3 is 5.73 Å². The Balaban J connectivity index is 2.16. The molecule has 0 atom stereocenters. The highest BCUT2D eigenvalue weighted by Gasteiger charge is 2.37. The number of rotatable bonds is 1. The number of nitrogen functional groups attached to an aromatic ring is 1. The average Bonchev–Trinajstić information content (AvgIpc) is 2.63. The number of nitrogens with two attached hydrogens (primary N) is 1. The predicted molar refractivity (Wildman–Crippen MR) is 68.4 cm³/mol. The topological polar surface area (TPSA) is 63.4 Å². The fourth-order valence-corrected chi connectivity index (χ4v) is 2.11. The van der Waals surface area contributed by atoms with Crippen LogP contribution in [0, 0.1) is 5.82 Å². The van der Waals surface area contributed by atoms with Gasteiger partial charge in [0.05, 0.1) is 16.8 Å². The summed E-state index contributed by atoms with van der Waals surface area (Å²) >= 11 is 0. The molecule has 0 aliphatic carbocycles. The van der Waals surface area contributed by atoms with Gasteiger partial charge in [0.15, 0.2) is 0 Å². The number of anilines is 2. The third kappa shape index (κ3) is 1.59. The van der Waals surface area contributed by atoms with E-state index >= 15 is 0 Å². The van der Waals surface area contributed by atoms with Crippen molar-refractivity contribution in [2.75, 3.05) is 10.6 Å². The zero-order chi connectivity index (χ0) is 13.6. The third-order valence-electron chi connectivity index (χ3n) is 3.00. The molecule has 0 saturated carbocycles. The summed E-state index contributed by atoms with van der Waals surface area (Å²) in [7, 11) is 0. The monoisotopic (exact) mass is 256 g/mol. The van der Waals surface area contributed by atoms with Crippen LogP contribution >= 0.6 is 0 Å². The Morgan fingerprint density at radius 1 is 0.947 bits per heavy atom. The number of halogens is 1. The van der Waals surface area contributed by atoms with Crippen LogP contribution < -0.4 is 10.6 Å². The van der Waals surface area contributed by atoms with Crippen LogP contribution in [0.15, 0.2) is 42.5 Å². The van der Waals surface area contributed by atoms with E-state index in [0.717, 1.165) is 4.90 Å². The quantitative estimate of drug-likeness (QED) is 0.628. The molecule has 0 bridgehead atoms. The standard InChI is InChI=1S/C14H9FN2O2/c15-11-3-1-2-4-12(11)17-13(18)9-6-5-8(16)7-10(9)14(17)19/h1-7H,16H2. The fourth-order valence-electron chi connectivity index (χ4n) is 2.11. The average molecular weight is 256 g/mol. The summed E-state index contributed by atoms with van der Waals surface area (Å²) in [5.41, 5.74) is 6.37. The number of carbonyl (C=O) groups excluding carboxylic acids is 2. The number of amides is 2. The maximum Gasteiger partial charge on any atom is 0.266 e. The van der Waals surface area contributed by atoms with Gasteiger partial charge >= 0.3 is 0 Å². The number of carbonyl (C=O) groups is 2. The first kappa shape index (κ1) is 11.4. The molecule has 5 heteroatoms. The Morgan fingerprint density at radius 3 is 2.37 bits per heavy atom. The molecule has 94 valence electrons. The highest BCUT2D eigenvalue weighted by molar-refractivity contribution is 6.34. The minimum absolute atomic E-state index is 0.0488. The molecule has 0 fully saturated rings. The summed E-state index contributed by atoms with van der Waals surface area (Å²) in [4.78, 5) is 25.2. The Labute approximate surface area is 108 Å². The van der Waals surface area contributed by atoms with Gasteiger partial charge in [-0.3, -0.25) is 9.59 Å². The van der Waals surface area contributed by atoms with Crippen molar-refractivity contribution in [3.05, 3.63) is 59.4 Å². The lowest BCUT2D eigenvalue weighted by molar-refractivity contribution is 0.0925. The number of hydrogen-bond acceptors (Lipinski definition) is 3. The second kappa shape index (κ2) is 3.91. The van der Waals surface area contributed by atoms with E-state index in [9.17, 15) is 14.0 Å². The molecule has 1 heterocycles. The van der Waals surface area contributed by atoms with Crippen LogP contribution in [0.3, 0.4) is 0 Å². The van der Waals surface area contributed by atoms with Crippen LogP contribution in [0.5, 0.6) is 0 Å². The van der Waals surface area contributed by atoms with Crippen LogP contribution in [0.1, 0.15) is 20.7 Å². The Morgan fingerprint density at radius 2 is 1.63 bits per heavy atom. The molecule has 0 saturated heterocycles. The zero-order valence-electron chi connectivity index (χ0n) is 9.76. The summed E-state index contributed by atoms with van der Waals surface area (Å²) in [6.45, 7) is 0. The van der Waals surface area contributed by atoms with Gasteiger partial charge in [0, 0.05) is 5.69 Å². The molecular weight excluding hydrogens is 247 g/mol. The molecule has 0 radical (unpaired) electrons. The van der Waals surface area contributed by atoms with Crippen LogP contribution in [0.25, 0.3) is 0 Å². The summed E-state index contributed by atoms with van der Waals surface area (Å²) in [5.74, 6) is -1.72. The van der Waals surface area contributed by atoms with E-state index in [2.05, 4.69) is 0 Å². The lowest BCUT2D eigenvalue weighted by Crippen LogP contribution is -2.30. The SMILES string of the molecule is Nc1ccc2c(c1)C(=O)N(c1ccccc1F)C2=O. The maximum absolute atomic E-state index is 13.7. The third-order valence-corrected chi connectivity index (χ3v) is 3.00. The molecule has 0 spiro atoms. The first-order valence-corrected chi connectivity index (χ1v) is 5.62. The zero-order valence-corrected chi connectivity index (χ0v) is 9.76. The van der Waals surface area contributed by atoms with Gasteiger partial charge in [-0.05, 0) is 30.3 Å². The van der Waals surface area contributed by atoms with Gasteiger partial charge in [-0.1, -0.05) is 12.1 Å². The van der Waals surface area contributed by atoms with E-state index in [1.807, 2.05) is 0 Å². The molecule has 3 rings (SSSR count). The van der Waals surface area contributed by atoms with Gasteiger partial charge in [0.1, 0.15) is 5.82 Å². The van der Waals surface area contributed by atoms with E-state index < -0.39 is 17.6 Å². The molecule has 19 heavy (non-hydrogen) atoms. The van der Waals surface area contributed by atoms with Crippen LogP contribution in [0.2, 0.25) is 0 Å². The second-order valence-corrected chi connectivity index (χ2v) is 4.20. The van der Waals surface area contributed by atoms with Crippen LogP contribution in [0.4, 0.5) is 15.8 Å². The van der Waals surface area contributed by atoms with Gasteiger partial charge in [-0.15, -0.1) is 0 Å². The second-order valence-electron chi connectivity index (χ2n) is 4.20. The molecular formula is C14H9FN2O2. The lowest BCUT2D eigenvalue weighted by atomic mass is 10.1. The number of para-hydroxylation sites is 1. The molecule has 2 amide bonds. The molecule has 0 aromatic heterocycles. The van der Waals surface area contributed by atoms with Gasteiger partial charge in [-0.25, -0.2) is 9.29 Å². The first-order chi connectivity index (χ1) is 9.09. The van der Waals surface area contributed by atoms with Crippen molar-refractivity contribution in [2.45, 2.75) is 0 Å². The van der Waals surface area contributed by atoms with Crippen LogP contribution in [-0.2, 0) is 0 Å². The van der Waals surface area contributed by atoms with Crippen molar-refractivity contribution in [3.8, 4) is 0 Å². The molecule has 2 aromatic rings. The minimum Gasteiger partial charge on any atom is -0.399 e. The molecule has 2 N–H and O–H groups in total. The summed E-state index contributed by atoms with van der Waals surface area (Å²) < 4.78 is 13.7. The fraction of sp³-hybridized carbons (Fsp3) is 0. The van der Waals surface area contributed by atoms with E-state index in [1.165, 1.54) is 36.4 Å². The highest BCUT2D eigenvalue weighted by Crippen LogP contribution is 2.30. The Hall–Kier alpha value is -2.69. The van der Waals surface area contributed by atoms with Crippen molar-refractivity contribution in [1.82, 2.24) is 0 Å². The number of imide groups is 1. The van der Waals surface area contributed by atoms with E-state index in [0.29, 0.717) is 5.69 Å². The number of nitrogens with zero attached hydrogens (tertiary/aromatic N) is 1. The summed E-state index contributed by atoms with van der Waals surface area (Å²) in [5, 5.41) is 0. The molecule has 1 aliphatic heterocycles. The van der Waals surface area contributed by atoms with Gasteiger partial charge in [0.25, 0.3) is 11.8 Å². The highest BCUT2D eigenvalue weighted by atomic mass is 19.1. The largest absolute Gasteiger partial charge is 0.399 e. The van der Waals surface area contributed by atoms with Crippen molar-refractivity contribution < 1.29 is 14.0 Å². The first-order valence-electron chi connectivity index (χ1n) is 5.62. The minimum atomic E-state index is -0.620. The summed E-state index contributed by atoms with van der Waals surface area (Å²) in [6, 6.07) is 10.1. The van der Waals surface area contributed by atoms with E-state index in [4.69, 9.17) is 5.73 Å². The van der Waals surface area contributed by atoms with Crippen LogP contribution in [-0.4, -0.2) is 11.8 Å². The van der Waals surface area contributed by atoms with E-state index in [1.54, 1.807) is 6.07 Å². The number of hydrogen-bond donors (Lipinski definition) is 1. The van der Waals surface area contributed by atoms with Crippen molar-refractivity contribution >= 4 is 23.2 Å². The molecule has 2 aromatic carbocycles. The number of benzene rings is 2. The van der Waals surface area contributed by atoms with Crippen molar-refractivity contribution in [2.24, 2.45) is 0 Å². The lowest BCUT2D eigenvalue weighted by Gasteiger charge is -2.14. The number of fused-ring (bicyclic) bond motifs is 1. The van der Waals surface area contributed by atoms with Gasteiger partial charge in [0.2, 0.25) is 0 Å². The Kier molecular flexibility index (Phi) is 2.35. The summed E-state index contributed by atoms with van der Waals surface area (Å²) in [6.07, 6.45) is 0. The molecule has 0 unspecified atom stereocenters. The predicted octanol–water partition coefficient (Wildman–Crippen LogP) is 2.21. The van der Waals surface area contributed by atoms with Crippen molar-refractivity contribution in [1.29, 1.82) is 0 Å². The van der Waals surface area contributed by atoms with Gasteiger partial charge in [-0.2, -0.15) is 0 Å². The Bertz CT molecular complexity index is 712. The maximum atomic E-state index is 13.7. The smallest absolute Gasteiger partial charge is 0.266 e. The normalized spacial score (nSPS) is 13.8. The van der Waals surface area contributed by atoms with E-state index in [-0.39, 0.29) is 16.8 Å².